The van der Waals surface area contributed by atoms with Crippen LogP contribution in [0.5, 0.6) is 11.5 Å². The maximum atomic E-state index is 12.6. The average molecular weight is 392 g/mol. The smallest absolute Gasteiger partial charge is 0.307 e. The van der Waals surface area contributed by atoms with E-state index in [9.17, 15) is 9.59 Å². The van der Waals surface area contributed by atoms with Crippen molar-refractivity contribution in [2.24, 2.45) is 0 Å². The first-order valence-electron chi connectivity index (χ1n) is 8.65. The van der Waals surface area contributed by atoms with Gasteiger partial charge in [-0.1, -0.05) is 30.7 Å². The van der Waals surface area contributed by atoms with Crippen molar-refractivity contribution in [1.29, 1.82) is 0 Å². The van der Waals surface area contributed by atoms with Crippen LogP contribution in [0.1, 0.15) is 36.2 Å². The Kier molecular flexibility index (Phi) is 7.49. The number of aliphatic carboxylic acids is 1. The number of carboxylic acid groups (broad SMARTS) is 1. The van der Waals surface area contributed by atoms with Crippen molar-refractivity contribution in [3.05, 3.63) is 52.5 Å². The second-order valence-corrected chi connectivity index (χ2v) is 6.20. The van der Waals surface area contributed by atoms with E-state index >= 15 is 0 Å². The van der Waals surface area contributed by atoms with Gasteiger partial charge in [0, 0.05) is 11.3 Å². The molecule has 0 aliphatic heterocycles. The maximum absolute atomic E-state index is 12.6. The van der Waals surface area contributed by atoms with Crippen molar-refractivity contribution in [3.63, 3.8) is 0 Å². The first-order chi connectivity index (χ1) is 12.9. The number of halogens is 1. The molecule has 0 radical (unpaired) electrons. The average Bonchev–Trinajstić information content (AvgIpc) is 2.62. The van der Waals surface area contributed by atoms with Crippen LogP contribution in [-0.2, 0) is 11.2 Å². The van der Waals surface area contributed by atoms with Crippen molar-refractivity contribution in [1.82, 2.24) is 0 Å². The van der Waals surface area contributed by atoms with Crippen molar-refractivity contribution in [2.75, 3.05) is 18.5 Å². The highest BCUT2D eigenvalue weighted by Crippen LogP contribution is 2.37. The number of amides is 1. The van der Waals surface area contributed by atoms with E-state index in [2.05, 4.69) is 5.32 Å². The molecule has 27 heavy (non-hydrogen) atoms. The van der Waals surface area contributed by atoms with E-state index in [0.717, 1.165) is 6.42 Å². The predicted octanol–water partition coefficient (Wildman–Crippen LogP) is 4.41. The molecular formula is C20H22ClNO5. The van der Waals surface area contributed by atoms with Crippen LogP contribution in [0.25, 0.3) is 0 Å². The Morgan fingerprint density at radius 2 is 1.81 bits per heavy atom. The number of carbonyl (C=O) groups excluding carboxylic acids is 1. The molecule has 6 nitrogen and oxygen atoms in total. The molecule has 7 heteroatoms. The van der Waals surface area contributed by atoms with Gasteiger partial charge in [-0.2, -0.15) is 0 Å². The third-order valence-corrected chi connectivity index (χ3v) is 3.87. The van der Waals surface area contributed by atoms with Crippen LogP contribution in [-0.4, -0.2) is 30.2 Å². The van der Waals surface area contributed by atoms with E-state index in [4.69, 9.17) is 26.2 Å². The van der Waals surface area contributed by atoms with E-state index in [1.807, 2.05) is 13.8 Å². The molecule has 2 rings (SSSR count). The van der Waals surface area contributed by atoms with Gasteiger partial charge in [0.05, 0.1) is 24.7 Å². The number of benzene rings is 2. The zero-order valence-electron chi connectivity index (χ0n) is 15.3. The number of anilines is 1. The van der Waals surface area contributed by atoms with Crippen molar-refractivity contribution >= 4 is 29.2 Å². The van der Waals surface area contributed by atoms with E-state index in [0.29, 0.717) is 46.5 Å². The largest absolute Gasteiger partial charge is 0.490 e. The molecule has 0 aliphatic rings. The van der Waals surface area contributed by atoms with Crippen LogP contribution in [0.4, 0.5) is 5.69 Å². The third kappa shape index (κ3) is 5.89. The number of carboxylic acids is 1. The summed E-state index contributed by atoms with van der Waals surface area (Å²) in [5.41, 5.74) is 1.54. The molecule has 0 heterocycles. The standard InChI is InChI=1S/C20H22ClNO5/c1-3-9-27-19-16(21)11-14(12-17(19)26-4-2)20(25)22-15-7-5-13(6-8-15)10-18(23)24/h5-8,11-12H,3-4,9-10H2,1-2H3,(H,22,25)(H,23,24). The minimum atomic E-state index is -0.907. The molecule has 2 aromatic carbocycles. The summed E-state index contributed by atoms with van der Waals surface area (Å²) in [6, 6.07) is 9.74. The van der Waals surface area contributed by atoms with Gasteiger partial charge in [0.1, 0.15) is 0 Å². The Bertz CT molecular complexity index is 805. The molecule has 2 aromatic rings. The first kappa shape index (κ1) is 20.6. The summed E-state index contributed by atoms with van der Waals surface area (Å²) in [6.45, 7) is 4.73. The molecular weight excluding hydrogens is 370 g/mol. The lowest BCUT2D eigenvalue weighted by Crippen LogP contribution is -2.13. The highest BCUT2D eigenvalue weighted by atomic mass is 35.5. The molecule has 2 N–H and O–H groups in total. The fourth-order valence-corrected chi connectivity index (χ4v) is 2.66. The Morgan fingerprint density at radius 1 is 1.11 bits per heavy atom. The van der Waals surface area contributed by atoms with Crippen LogP contribution in [0.15, 0.2) is 36.4 Å². The van der Waals surface area contributed by atoms with Crippen LogP contribution < -0.4 is 14.8 Å². The van der Waals surface area contributed by atoms with Crippen molar-refractivity contribution < 1.29 is 24.2 Å². The topological polar surface area (TPSA) is 84.9 Å². The molecule has 144 valence electrons. The molecule has 0 bridgehead atoms. The van der Waals surface area contributed by atoms with Gasteiger partial charge in [0.15, 0.2) is 11.5 Å². The van der Waals surface area contributed by atoms with Gasteiger partial charge in [-0.25, -0.2) is 0 Å². The Labute approximate surface area is 163 Å². The molecule has 0 aliphatic carbocycles. The molecule has 0 atom stereocenters. The zero-order chi connectivity index (χ0) is 19.8. The summed E-state index contributed by atoms with van der Waals surface area (Å²) in [7, 11) is 0. The highest BCUT2D eigenvalue weighted by molar-refractivity contribution is 6.32. The number of nitrogens with one attached hydrogen (secondary N) is 1. The molecule has 0 unspecified atom stereocenters. The quantitative estimate of drug-likeness (QED) is 0.661. The van der Waals surface area contributed by atoms with Gasteiger partial charge in [0.25, 0.3) is 5.91 Å². The van der Waals surface area contributed by atoms with E-state index in [1.54, 1.807) is 30.3 Å². The third-order valence-electron chi connectivity index (χ3n) is 3.59. The molecule has 0 saturated carbocycles. The lowest BCUT2D eigenvalue weighted by atomic mass is 10.1. The van der Waals surface area contributed by atoms with Crippen LogP contribution in [0.3, 0.4) is 0 Å². The van der Waals surface area contributed by atoms with Gasteiger partial charge < -0.3 is 19.9 Å². The van der Waals surface area contributed by atoms with E-state index in [-0.39, 0.29) is 12.3 Å². The van der Waals surface area contributed by atoms with Crippen molar-refractivity contribution in [3.8, 4) is 11.5 Å². The molecule has 1 amide bonds. The summed E-state index contributed by atoms with van der Waals surface area (Å²) >= 11 is 6.28. The fraction of sp³-hybridized carbons (Fsp3) is 0.300. The van der Waals surface area contributed by atoms with Gasteiger partial charge in [0.2, 0.25) is 0 Å². The fourth-order valence-electron chi connectivity index (χ4n) is 2.39. The number of hydrogen-bond acceptors (Lipinski definition) is 4. The summed E-state index contributed by atoms with van der Waals surface area (Å²) in [5, 5.41) is 11.9. The molecule has 0 fully saturated rings. The predicted molar refractivity (Wildman–Crippen MR) is 104 cm³/mol. The minimum absolute atomic E-state index is 0.0687. The van der Waals surface area contributed by atoms with E-state index in [1.165, 1.54) is 6.07 Å². The molecule has 0 saturated heterocycles. The van der Waals surface area contributed by atoms with Gasteiger partial charge in [-0.15, -0.1) is 0 Å². The second kappa shape index (κ2) is 9.83. The maximum Gasteiger partial charge on any atom is 0.307 e. The van der Waals surface area contributed by atoms with Crippen molar-refractivity contribution in [2.45, 2.75) is 26.7 Å². The molecule has 0 spiro atoms. The van der Waals surface area contributed by atoms with Gasteiger partial charge in [-0.3, -0.25) is 9.59 Å². The Morgan fingerprint density at radius 3 is 2.41 bits per heavy atom. The van der Waals surface area contributed by atoms with Crippen LogP contribution >= 0.6 is 11.6 Å². The summed E-state index contributed by atoms with van der Waals surface area (Å²) in [6.07, 6.45) is 0.753. The van der Waals surface area contributed by atoms with Gasteiger partial charge in [-0.05, 0) is 43.2 Å². The Hall–Kier alpha value is -2.73. The number of rotatable bonds is 9. The number of ether oxygens (including phenoxy) is 2. The highest BCUT2D eigenvalue weighted by Gasteiger charge is 2.16. The SMILES string of the molecule is CCCOc1c(Cl)cc(C(=O)Nc2ccc(CC(=O)O)cc2)cc1OCC. The summed E-state index contributed by atoms with van der Waals surface area (Å²) in [4.78, 5) is 23.3. The number of carbonyl (C=O) groups is 2. The normalized spacial score (nSPS) is 10.3. The summed E-state index contributed by atoms with van der Waals surface area (Å²) in [5.74, 6) is -0.420. The van der Waals surface area contributed by atoms with Crippen LogP contribution in [0, 0.1) is 0 Å². The summed E-state index contributed by atoms with van der Waals surface area (Å²) < 4.78 is 11.2. The zero-order valence-corrected chi connectivity index (χ0v) is 16.0. The second-order valence-electron chi connectivity index (χ2n) is 5.79. The minimum Gasteiger partial charge on any atom is -0.490 e. The Balaban J connectivity index is 2.18. The lowest BCUT2D eigenvalue weighted by Gasteiger charge is -2.15. The van der Waals surface area contributed by atoms with E-state index < -0.39 is 5.97 Å². The first-order valence-corrected chi connectivity index (χ1v) is 9.03. The number of hydrogen-bond donors (Lipinski definition) is 2. The van der Waals surface area contributed by atoms with Crippen LogP contribution in [0.2, 0.25) is 5.02 Å². The lowest BCUT2D eigenvalue weighted by molar-refractivity contribution is -0.136. The monoisotopic (exact) mass is 391 g/mol. The van der Waals surface area contributed by atoms with Gasteiger partial charge >= 0.3 is 5.97 Å². The molecule has 0 aromatic heterocycles.